The van der Waals surface area contributed by atoms with Crippen LogP contribution in [0.1, 0.15) is 12.5 Å². The van der Waals surface area contributed by atoms with Crippen LogP contribution in [0.4, 0.5) is 10.1 Å². The fourth-order valence-corrected chi connectivity index (χ4v) is 1.24. The van der Waals surface area contributed by atoms with E-state index < -0.39 is 5.97 Å². The highest BCUT2D eigenvalue weighted by Crippen LogP contribution is 2.18. The molecule has 0 bridgehead atoms. The smallest absolute Gasteiger partial charge is 0.330 e. The molecular formula is C12H14FNO2. The van der Waals surface area contributed by atoms with Crippen LogP contribution in [-0.2, 0) is 9.53 Å². The molecule has 16 heavy (non-hydrogen) atoms. The van der Waals surface area contributed by atoms with E-state index in [0.29, 0.717) is 12.2 Å². The van der Waals surface area contributed by atoms with Gasteiger partial charge in [0, 0.05) is 18.3 Å². The van der Waals surface area contributed by atoms with E-state index in [0.717, 1.165) is 5.56 Å². The second-order valence-corrected chi connectivity index (χ2v) is 3.12. The monoisotopic (exact) mass is 223 g/mol. The molecule has 0 unspecified atom stereocenters. The van der Waals surface area contributed by atoms with Crippen LogP contribution in [0.5, 0.6) is 0 Å². The van der Waals surface area contributed by atoms with Crippen molar-refractivity contribution in [1.29, 1.82) is 0 Å². The Morgan fingerprint density at radius 2 is 2.31 bits per heavy atom. The summed E-state index contributed by atoms with van der Waals surface area (Å²) in [7, 11) is 1.31. The zero-order valence-electron chi connectivity index (χ0n) is 9.29. The SMILES string of the molecule is CCNc1cc(F)ccc1/C=C/C(=O)OC. The van der Waals surface area contributed by atoms with E-state index in [9.17, 15) is 9.18 Å². The van der Waals surface area contributed by atoms with Crippen molar-refractivity contribution in [3.05, 3.63) is 35.7 Å². The van der Waals surface area contributed by atoms with Crippen LogP contribution in [0.3, 0.4) is 0 Å². The summed E-state index contributed by atoms with van der Waals surface area (Å²) in [5.74, 6) is -0.752. The van der Waals surface area contributed by atoms with E-state index in [2.05, 4.69) is 10.1 Å². The minimum absolute atomic E-state index is 0.314. The van der Waals surface area contributed by atoms with Crippen molar-refractivity contribution >= 4 is 17.7 Å². The Morgan fingerprint density at radius 3 is 2.94 bits per heavy atom. The summed E-state index contributed by atoms with van der Waals surface area (Å²) >= 11 is 0. The number of ether oxygens (including phenoxy) is 1. The summed E-state index contributed by atoms with van der Waals surface area (Å²) in [6.45, 7) is 2.60. The Hall–Kier alpha value is -1.84. The van der Waals surface area contributed by atoms with Gasteiger partial charge in [0.15, 0.2) is 0 Å². The molecule has 0 spiro atoms. The van der Waals surface area contributed by atoms with Gasteiger partial charge in [-0.25, -0.2) is 9.18 Å². The van der Waals surface area contributed by atoms with Gasteiger partial charge in [-0.3, -0.25) is 0 Å². The zero-order valence-corrected chi connectivity index (χ0v) is 9.29. The fourth-order valence-electron chi connectivity index (χ4n) is 1.24. The lowest BCUT2D eigenvalue weighted by atomic mass is 10.1. The van der Waals surface area contributed by atoms with E-state index in [1.165, 1.54) is 25.3 Å². The van der Waals surface area contributed by atoms with E-state index >= 15 is 0 Å². The predicted molar refractivity (Wildman–Crippen MR) is 61.6 cm³/mol. The quantitative estimate of drug-likeness (QED) is 0.629. The first-order chi connectivity index (χ1) is 7.67. The van der Waals surface area contributed by atoms with E-state index in [4.69, 9.17) is 0 Å². The largest absolute Gasteiger partial charge is 0.466 e. The topological polar surface area (TPSA) is 38.3 Å². The maximum absolute atomic E-state index is 13.0. The molecule has 86 valence electrons. The van der Waals surface area contributed by atoms with Crippen molar-refractivity contribution < 1.29 is 13.9 Å². The van der Waals surface area contributed by atoms with Gasteiger partial charge < -0.3 is 10.1 Å². The van der Waals surface area contributed by atoms with E-state index in [1.54, 1.807) is 12.1 Å². The lowest BCUT2D eigenvalue weighted by molar-refractivity contribution is -0.134. The van der Waals surface area contributed by atoms with Crippen LogP contribution in [0.15, 0.2) is 24.3 Å². The van der Waals surface area contributed by atoms with Gasteiger partial charge >= 0.3 is 5.97 Å². The van der Waals surface area contributed by atoms with Crippen LogP contribution >= 0.6 is 0 Å². The number of hydrogen-bond acceptors (Lipinski definition) is 3. The summed E-state index contributed by atoms with van der Waals surface area (Å²) in [5, 5.41) is 3.02. The molecule has 0 aliphatic carbocycles. The van der Waals surface area contributed by atoms with Crippen LogP contribution in [0.25, 0.3) is 6.08 Å². The first kappa shape index (κ1) is 12.2. The standard InChI is InChI=1S/C12H14FNO2/c1-3-14-11-8-10(13)6-4-9(11)5-7-12(15)16-2/h4-8,14H,3H2,1-2H3/b7-5+. The summed E-state index contributed by atoms with van der Waals surface area (Å²) in [6.07, 6.45) is 2.89. The summed E-state index contributed by atoms with van der Waals surface area (Å²) in [6, 6.07) is 4.34. The molecule has 0 amide bonds. The summed E-state index contributed by atoms with van der Waals surface area (Å²) < 4.78 is 17.5. The Balaban J connectivity index is 2.94. The average molecular weight is 223 g/mol. The van der Waals surface area contributed by atoms with Gasteiger partial charge in [-0.05, 0) is 36.8 Å². The first-order valence-corrected chi connectivity index (χ1v) is 4.96. The maximum Gasteiger partial charge on any atom is 0.330 e. The highest BCUT2D eigenvalue weighted by atomic mass is 19.1. The van der Waals surface area contributed by atoms with Gasteiger partial charge in [-0.1, -0.05) is 0 Å². The Kier molecular flexibility index (Phi) is 4.51. The lowest BCUT2D eigenvalue weighted by Crippen LogP contribution is -2.00. The number of esters is 1. The van der Waals surface area contributed by atoms with Crippen molar-refractivity contribution in [2.45, 2.75) is 6.92 Å². The van der Waals surface area contributed by atoms with Crippen molar-refractivity contribution in [2.75, 3.05) is 19.0 Å². The van der Waals surface area contributed by atoms with Gasteiger partial charge in [0.1, 0.15) is 5.82 Å². The third-order valence-electron chi connectivity index (χ3n) is 1.98. The summed E-state index contributed by atoms with van der Waals surface area (Å²) in [4.78, 5) is 10.9. The minimum atomic E-state index is -0.438. The maximum atomic E-state index is 13.0. The molecule has 0 aliphatic rings. The van der Waals surface area contributed by atoms with E-state index in [1.807, 2.05) is 6.92 Å². The van der Waals surface area contributed by atoms with Crippen LogP contribution < -0.4 is 5.32 Å². The average Bonchev–Trinajstić information content (AvgIpc) is 2.28. The zero-order chi connectivity index (χ0) is 12.0. The first-order valence-electron chi connectivity index (χ1n) is 4.96. The molecule has 0 saturated heterocycles. The number of methoxy groups -OCH3 is 1. The number of anilines is 1. The lowest BCUT2D eigenvalue weighted by Gasteiger charge is -2.07. The molecule has 0 aromatic heterocycles. The van der Waals surface area contributed by atoms with Crippen LogP contribution in [0.2, 0.25) is 0 Å². The second-order valence-electron chi connectivity index (χ2n) is 3.12. The van der Waals surface area contributed by atoms with Crippen LogP contribution in [0, 0.1) is 5.82 Å². The molecule has 3 nitrogen and oxygen atoms in total. The van der Waals surface area contributed by atoms with Crippen LogP contribution in [-0.4, -0.2) is 19.6 Å². The summed E-state index contributed by atoms with van der Waals surface area (Å²) in [5.41, 5.74) is 1.40. The fraction of sp³-hybridized carbons (Fsp3) is 0.250. The molecule has 1 aromatic carbocycles. The van der Waals surface area contributed by atoms with Crippen molar-refractivity contribution in [3.8, 4) is 0 Å². The van der Waals surface area contributed by atoms with Gasteiger partial charge in [-0.15, -0.1) is 0 Å². The number of halogens is 1. The third-order valence-corrected chi connectivity index (χ3v) is 1.98. The number of carbonyl (C=O) groups excluding carboxylic acids is 1. The number of nitrogens with one attached hydrogen (secondary N) is 1. The molecule has 4 heteroatoms. The van der Waals surface area contributed by atoms with Crippen molar-refractivity contribution in [1.82, 2.24) is 0 Å². The molecule has 1 aromatic rings. The van der Waals surface area contributed by atoms with Gasteiger partial charge in [0.05, 0.1) is 7.11 Å². The Morgan fingerprint density at radius 1 is 1.56 bits per heavy atom. The Bertz CT molecular complexity index is 402. The predicted octanol–water partition coefficient (Wildman–Crippen LogP) is 2.44. The molecule has 1 N–H and O–H groups in total. The number of hydrogen-bond donors (Lipinski definition) is 1. The van der Waals surface area contributed by atoms with E-state index in [-0.39, 0.29) is 5.82 Å². The molecular weight excluding hydrogens is 209 g/mol. The molecule has 0 fully saturated rings. The minimum Gasteiger partial charge on any atom is -0.466 e. The third kappa shape index (κ3) is 3.38. The number of rotatable bonds is 4. The molecule has 0 atom stereocenters. The Labute approximate surface area is 93.9 Å². The van der Waals surface area contributed by atoms with Crippen molar-refractivity contribution in [2.24, 2.45) is 0 Å². The second kappa shape index (κ2) is 5.90. The number of carbonyl (C=O) groups is 1. The number of benzene rings is 1. The van der Waals surface area contributed by atoms with Gasteiger partial charge in [0.25, 0.3) is 0 Å². The molecule has 1 rings (SSSR count). The molecule has 0 saturated carbocycles. The highest BCUT2D eigenvalue weighted by molar-refractivity contribution is 5.88. The van der Waals surface area contributed by atoms with Gasteiger partial charge in [0.2, 0.25) is 0 Å². The van der Waals surface area contributed by atoms with Crippen molar-refractivity contribution in [3.63, 3.8) is 0 Å². The normalized spacial score (nSPS) is 10.4. The van der Waals surface area contributed by atoms with Gasteiger partial charge in [-0.2, -0.15) is 0 Å². The molecule has 0 radical (unpaired) electrons. The molecule has 0 heterocycles. The highest BCUT2D eigenvalue weighted by Gasteiger charge is 2.01. The molecule has 0 aliphatic heterocycles.